The van der Waals surface area contributed by atoms with E-state index in [1.165, 1.54) is 0 Å². The molecule has 170 valence electrons. The molecule has 8 nitrogen and oxygen atoms in total. The quantitative estimate of drug-likeness (QED) is 0.462. The van der Waals surface area contributed by atoms with E-state index in [0.717, 1.165) is 17.6 Å². The van der Waals surface area contributed by atoms with Crippen molar-refractivity contribution in [3.05, 3.63) is 41.7 Å². The van der Waals surface area contributed by atoms with Gasteiger partial charge in [0, 0.05) is 31.9 Å². The van der Waals surface area contributed by atoms with Crippen LogP contribution in [-0.2, 0) is 25.7 Å². The molecule has 0 spiro atoms. The average molecular weight is 432 g/mol. The Labute approximate surface area is 183 Å². The highest BCUT2D eigenvalue weighted by atomic mass is 16.5. The number of hydrogen-bond donors (Lipinski definition) is 3. The number of ether oxygens (including phenoxy) is 1. The van der Waals surface area contributed by atoms with Gasteiger partial charge in [0.05, 0.1) is 0 Å². The molecule has 1 aromatic rings. The summed E-state index contributed by atoms with van der Waals surface area (Å²) in [5.41, 5.74) is 2.13. The van der Waals surface area contributed by atoms with E-state index in [4.69, 9.17) is 9.84 Å². The normalized spacial score (nSPS) is 20.8. The van der Waals surface area contributed by atoms with E-state index in [9.17, 15) is 14.4 Å². The fraction of sp³-hybridized carbons (Fsp3) is 0.565. The molecule has 1 aliphatic carbocycles. The Balaban J connectivity index is 1.88. The van der Waals surface area contributed by atoms with Crippen molar-refractivity contribution in [3.8, 4) is 0 Å². The zero-order valence-corrected chi connectivity index (χ0v) is 18.5. The van der Waals surface area contributed by atoms with Gasteiger partial charge < -0.3 is 20.5 Å². The van der Waals surface area contributed by atoms with Gasteiger partial charge in [-0.3, -0.25) is 14.6 Å². The van der Waals surface area contributed by atoms with Crippen molar-refractivity contribution in [1.29, 1.82) is 0 Å². The number of carbonyl (C=O) groups excluding carboxylic acids is 2. The van der Waals surface area contributed by atoms with Gasteiger partial charge in [-0.1, -0.05) is 31.6 Å². The maximum Gasteiger partial charge on any atom is 0.329 e. The van der Waals surface area contributed by atoms with Crippen molar-refractivity contribution in [1.82, 2.24) is 15.6 Å². The highest BCUT2D eigenvalue weighted by molar-refractivity contribution is 5.78. The first-order valence-electron chi connectivity index (χ1n) is 10.7. The Morgan fingerprint density at radius 2 is 2.00 bits per heavy atom. The third kappa shape index (κ3) is 8.49. The first-order valence-corrected chi connectivity index (χ1v) is 10.7. The Kier molecular flexibility index (Phi) is 9.65. The molecule has 0 bridgehead atoms. The van der Waals surface area contributed by atoms with Crippen molar-refractivity contribution in [2.24, 2.45) is 23.7 Å². The van der Waals surface area contributed by atoms with E-state index < -0.39 is 12.6 Å². The second-order valence-corrected chi connectivity index (χ2v) is 8.45. The zero-order valence-electron chi connectivity index (χ0n) is 18.5. The molecule has 3 N–H and O–H groups in total. The summed E-state index contributed by atoms with van der Waals surface area (Å²) >= 11 is 0. The minimum absolute atomic E-state index is 0.0199. The summed E-state index contributed by atoms with van der Waals surface area (Å²) in [5, 5.41) is 14.4. The fourth-order valence-corrected chi connectivity index (χ4v) is 4.02. The van der Waals surface area contributed by atoms with Crippen LogP contribution in [0.3, 0.4) is 0 Å². The number of allylic oxidation sites excluding steroid dienone is 1. The minimum Gasteiger partial charge on any atom is -0.480 e. The van der Waals surface area contributed by atoms with Gasteiger partial charge in [0.25, 0.3) is 0 Å². The topological polar surface area (TPSA) is 118 Å². The van der Waals surface area contributed by atoms with Crippen LogP contribution in [0.1, 0.15) is 39.2 Å². The van der Waals surface area contributed by atoms with Crippen LogP contribution in [0.5, 0.6) is 0 Å². The first kappa shape index (κ1) is 24.5. The third-order valence-corrected chi connectivity index (χ3v) is 5.72. The molecule has 31 heavy (non-hydrogen) atoms. The molecule has 1 aromatic heterocycles. The first-order chi connectivity index (χ1) is 14.8. The molecule has 0 fully saturated rings. The van der Waals surface area contributed by atoms with Crippen LogP contribution < -0.4 is 10.6 Å². The number of carboxylic acids is 1. The number of carboxylic acid groups (broad SMARTS) is 1. The Bertz CT molecular complexity index is 779. The number of nitrogens with one attached hydrogen (secondary N) is 2. The molecule has 1 aliphatic rings. The zero-order chi connectivity index (χ0) is 22.8. The standard InChI is InChI=1S/C23H33N3O5/c1-15(2)20-8-18(9-21(27)25-11-17-5-4-6-24-10-17)16(3)7-19(20)12-26-22(28)13-31-14-23(29)30/h4-7,10,15,18-20H,8-9,11-14H2,1-3H3,(H,25,27)(H,26,28)(H,29,30)/t18-,19-,20-/m0/s1. The number of rotatable bonds is 11. The number of pyridine rings is 1. The second-order valence-electron chi connectivity index (χ2n) is 8.45. The summed E-state index contributed by atoms with van der Waals surface area (Å²) in [7, 11) is 0. The number of hydrogen-bond acceptors (Lipinski definition) is 5. The summed E-state index contributed by atoms with van der Waals surface area (Å²) in [5.74, 6) is -0.340. The van der Waals surface area contributed by atoms with E-state index in [0.29, 0.717) is 31.3 Å². The monoisotopic (exact) mass is 431 g/mol. The van der Waals surface area contributed by atoms with Gasteiger partial charge in [0.2, 0.25) is 11.8 Å². The molecule has 0 saturated carbocycles. The number of amides is 2. The molecule has 8 heteroatoms. The van der Waals surface area contributed by atoms with Crippen LogP contribution in [0.15, 0.2) is 36.2 Å². The summed E-state index contributed by atoms with van der Waals surface area (Å²) in [4.78, 5) is 38.9. The van der Waals surface area contributed by atoms with Gasteiger partial charge in [-0.25, -0.2) is 4.79 Å². The lowest BCUT2D eigenvalue weighted by molar-refractivity contribution is -0.143. The summed E-state index contributed by atoms with van der Waals surface area (Å²) in [6, 6.07) is 3.78. The van der Waals surface area contributed by atoms with Crippen LogP contribution in [0.2, 0.25) is 0 Å². The van der Waals surface area contributed by atoms with Crippen molar-refractivity contribution >= 4 is 17.8 Å². The van der Waals surface area contributed by atoms with Crippen molar-refractivity contribution in [2.45, 2.75) is 40.2 Å². The summed E-state index contributed by atoms with van der Waals surface area (Å²) < 4.78 is 4.83. The van der Waals surface area contributed by atoms with E-state index in [-0.39, 0.29) is 30.3 Å². The Hall–Kier alpha value is -2.74. The minimum atomic E-state index is -1.10. The van der Waals surface area contributed by atoms with E-state index >= 15 is 0 Å². The molecule has 2 rings (SSSR count). The van der Waals surface area contributed by atoms with Gasteiger partial charge in [-0.2, -0.15) is 0 Å². The Morgan fingerprint density at radius 1 is 1.23 bits per heavy atom. The maximum absolute atomic E-state index is 12.5. The molecule has 0 unspecified atom stereocenters. The lowest BCUT2D eigenvalue weighted by atomic mass is 9.69. The largest absolute Gasteiger partial charge is 0.480 e. The molecule has 0 aliphatic heterocycles. The smallest absolute Gasteiger partial charge is 0.329 e. The van der Waals surface area contributed by atoms with Gasteiger partial charge in [-0.05, 0) is 48.6 Å². The molecule has 0 aromatic carbocycles. The van der Waals surface area contributed by atoms with E-state index in [2.05, 4.69) is 35.5 Å². The molecule has 1 heterocycles. The maximum atomic E-state index is 12.5. The predicted octanol–water partition coefficient (Wildman–Crippen LogP) is 2.16. The third-order valence-electron chi connectivity index (χ3n) is 5.72. The lowest BCUT2D eigenvalue weighted by Gasteiger charge is -2.37. The summed E-state index contributed by atoms with van der Waals surface area (Å²) in [6.07, 6.45) is 6.94. The highest BCUT2D eigenvalue weighted by Crippen LogP contribution is 2.38. The molecule has 0 radical (unpaired) electrons. The SMILES string of the molecule is CC1=C[C@@H](CNC(=O)COCC(=O)O)[C@H](C(C)C)C[C@H]1CC(=O)NCc1cccnc1. The summed E-state index contributed by atoms with van der Waals surface area (Å²) in [6.45, 7) is 6.53. The van der Waals surface area contributed by atoms with Gasteiger partial charge in [0.1, 0.15) is 13.2 Å². The highest BCUT2D eigenvalue weighted by Gasteiger charge is 2.32. The Morgan fingerprint density at radius 3 is 2.65 bits per heavy atom. The molecular weight excluding hydrogens is 398 g/mol. The van der Waals surface area contributed by atoms with Crippen LogP contribution in [0.4, 0.5) is 0 Å². The van der Waals surface area contributed by atoms with Gasteiger partial charge in [-0.15, -0.1) is 0 Å². The lowest BCUT2D eigenvalue weighted by Crippen LogP contribution is -2.39. The van der Waals surface area contributed by atoms with Crippen molar-refractivity contribution in [2.75, 3.05) is 19.8 Å². The second kappa shape index (κ2) is 12.2. The molecule has 3 atom stereocenters. The molecule has 0 saturated heterocycles. The van der Waals surface area contributed by atoms with Crippen LogP contribution >= 0.6 is 0 Å². The van der Waals surface area contributed by atoms with Crippen molar-refractivity contribution in [3.63, 3.8) is 0 Å². The predicted molar refractivity (Wildman–Crippen MR) is 116 cm³/mol. The number of aliphatic carboxylic acids is 1. The van der Waals surface area contributed by atoms with Crippen LogP contribution in [-0.4, -0.2) is 47.6 Å². The van der Waals surface area contributed by atoms with Crippen molar-refractivity contribution < 1.29 is 24.2 Å². The number of aromatic nitrogens is 1. The van der Waals surface area contributed by atoms with Gasteiger partial charge in [0.15, 0.2) is 0 Å². The molecular formula is C23H33N3O5. The van der Waals surface area contributed by atoms with E-state index in [1.54, 1.807) is 12.4 Å². The van der Waals surface area contributed by atoms with Crippen LogP contribution in [0.25, 0.3) is 0 Å². The van der Waals surface area contributed by atoms with Gasteiger partial charge >= 0.3 is 5.97 Å². The van der Waals surface area contributed by atoms with Crippen LogP contribution in [0, 0.1) is 23.7 Å². The number of carbonyl (C=O) groups is 3. The molecule has 2 amide bonds. The van der Waals surface area contributed by atoms with E-state index in [1.807, 2.05) is 19.1 Å². The fourth-order valence-electron chi connectivity index (χ4n) is 4.02. The number of nitrogens with zero attached hydrogens (tertiary/aromatic N) is 1. The average Bonchev–Trinajstić information content (AvgIpc) is 2.72.